The SMILES string of the molecule is CCC[C@H]1C[C@@H](c2ncno2)C[C@H]1C. The van der Waals surface area contributed by atoms with E-state index in [9.17, 15) is 0 Å². The lowest BCUT2D eigenvalue weighted by atomic mass is 9.94. The van der Waals surface area contributed by atoms with E-state index in [-0.39, 0.29) is 0 Å². The Bertz CT molecular complexity index is 271. The molecule has 0 aliphatic heterocycles. The van der Waals surface area contributed by atoms with Gasteiger partial charge in [0.1, 0.15) is 0 Å². The van der Waals surface area contributed by atoms with Crippen molar-refractivity contribution in [1.29, 1.82) is 0 Å². The van der Waals surface area contributed by atoms with Gasteiger partial charge in [0.05, 0.1) is 0 Å². The quantitative estimate of drug-likeness (QED) is 0.742. The predicted octanol–water partition coefficient (Wildman–Crippen LogP) is 3.00. The number of hydrogen-bond acceptors (Lipinski definition) is 3. The molecule has 0 bridgehead atoms. The van der Waals surface area contributed by atoms with E-state index in [0.29, 0.717) is 5.92 Å². The number of hydrogen-bond donors (Lipinski definition) is 0. The highest BCUT2D eigenvalue weighted by Crippen LogP contribution is 2.43. The van der Waals surface area contributed by atoms with Gasteiger partial charge in [0, 0.05) is 5.92 Å². The van der Waals surface area contributed by atoms with E-state index in [0.717, 1.165) is 17.7 Å². The largest absolute Gasteiger partial charge is 0.339 e. The van der Waals surface area contributed by atoms with Gasteiger partial charge in [-0.1, -0.05) is 31.8 Å². The lowest BCUT2D eigenvalue weighted by Crippen LogP contribution is -2.02. The van der Waals surface area contributed by atoms with Gasteiger partial charge >= 0.3 is 0 Å². The first-order valence-corrected chi connectivity index (χ1v) is 5.57. The van der Waals surface area contributed by atoms with Crippen molar-refractivity contribution in [3.8, 4) is 0 Å². The molecule has 3 atom stereocenters. The molecule has 3 heteroatoms. The lowest BCUT2D eigenvalue weighted by molar-refractivity contribution is 0.348. The highest BCUT2D eigenvalue weighted by atomic mass is 16.5. The standard InChI is InChI=1S/C11H18N2O/c1-3-4-9-6-10(5-8(9)2)11-12-7-13-14-11/h7-10H,3-6H2,1-2H3/t8-,9+,10+/m1/s1. The minimum absolute atomic E-state index is 0.518. The van der Waals surface area contributed by atoms with Crippen LogP contribution < -0.4 is 0 Å². The Morgan fingerprint density at radius 2 is 2.36 bits per heavy atom. The van der Waals surface area contributed by atoms with E-state index in [2.05, 4.69) is 24.0 Å². The molecule has 0 N–H and O–H groups in total. The smallest absolute Gasteiger partial charge is 0.229 e. The van der Waals surface area contributed by atoms with E-state index < -0.39 is 0 Å². The predicted molar refractivity (Wildman–Crippen MR) is 53.8 cm³/mol. The number of nitrogens with zero attached hydrogens (tertiary/aromatic N) is 2. The molecule has 1 saturated carbocycles. The summed E-state index contributed by atoms with van der Waals surface area (Å²) in [6.07, 6.45) is 6.58. The maximum atomic E-state index is 5.13. The van der Waals surface area contributed by atoms with Crippen LogP contribution in [-0.2, 0) is 0 Å². The summed E-state index contributed by atoms with van der Waals surface area (Å²) in [5.74, 6) is 3.03. The third-order valence-electron chi connectivity index (χ3n) is 3.44. The zero-order valence-corrected chi connectivity index (χ0v) is 8.94. The molecule has 1 heterocycles. The van der Waals surface area contributed by atoms with Crippen molar-refractivity contribution in [2.24, 2.45) is 11.8 Å². The molecule has 0 amide bonds. The van der Waals surface area contributed by atoms with Crippen LogP contribution in [0.25, 0.3) is 0 Å². The molecular weight excluding hydrogens is 176 g/mol. The van der Waals surface area contributed by atoms with Crippen LogP contribution in [0.4, 0.5) is 0 Å². The van der Waals surface area contributed by atoms with Crippen LogP contribution in [0, 0.1) is 11.8 Å². The number of aromatic nitrogens is 2. The zero-order valence-electron chi connectivity index (χ0n) is 8.94. The molecule has 0 saturated heterocycles. The monoisotopic (exact) mass is 194 g/mol. The van der Waals surface area contributed by atoms with Gasteiger partial charge in [-0.25, -0.2) is 0 Å². The summed E-state index contributed by atoms with van der Waals surface area (Å²) in [6.45, 7) is 4.60. The van der Waals surface area contributed by atoms with Crippen LogP contribution in [0.15, 0.2) is 10.9 Å². The average molecular weight is 194 g/mol. The van der Waals surface area contributed by atoms with Crippen LogP contribution in [0.1, 0.15) is 51.3 Å². The lowest BCUT2D eigenvalue weighted by Gasteiger charge is -2.12. The summed E-state index contributed by atoms with van der Waals surface area (Å²) in [7, 11) is 0. The topological polar surface area (TPSA) is 38.9 Å². The molecule has 3 nitrogen and oxygen atoms in total. The van der Waals surface area contributed by atoms with Crippen molar-refractivity contribution >= 4 is 0 Å². The van der Waals surface area contributed by atoms with E-state index in [1.54, 1.807) is 0 Å². The van der Waals surface area contributed by atoms with E-state index in [4.69, 9.17) is 4.52 Å². The third kappa shape index (κ3) is 1.81. The van der Waals surface area contributed by atoms with Gasteiger partial charge in [-0.2, -0.15) is 4.98 Å². The van der Waals surface area contributed by atoms with Crippen molar-refractivity contribution < 1.29 is 4.52 Å². The van der Waals surface area contributed by atoms with Gasteiger partial charge in [0.2, 0.25) is 5.89 Å². The van der Waals surface area contributed by atoms with Gasteiger partial charge in [-0.05, 0) is 24.7 Å². The van der Waals surface area contributed by atoms with Crippen LogP contribution in [0.3, 0.4) is 0 Å². The maximum absolute atomic E-state index is 5.13. The molecule has 1 aliphatic rings. The molecule has 78 valence electrons. The second-order valence-corrected chi connectivity index (χ2v) is 4.47. The summed E-state index contributed by atoms with van der Waals surface area (Å²) in [5, 5.41) is 3.68. The van der Waals surface area contributed by atoms with Crippen molar-refractivity contribution in [3.05, 3.63) is 12.2 Å². The van der Waals surface area contributed by atoms with Gasteiger partial charge < -0.3 is 4.52 Å². The highest BCUT2D eigenvalue weighted by molar-refractivity contribution is 4.96. The first-order valence-electron chi connectivity index (χ1n) is 5.57. The minimum atomic E-state index is 0.518. The number of rotatable bonds is 3. The van der Waals surface area contributed by atoms with Gasteiger partial charge in [0.15, 0.2) is 6.33 Å². The molecule has 0 spiro atoms. The van der Waals surface area contributed by atoms with E-state index in [1.165, 1.54) is 32.0 Å². The van der Waals surface area contributed by atoms with Gasteiger partial charge in [0.25, 0.3) is 0 Å². The Morgan fingerprint density at radius 3 is 3.00 bits per heavy atom. The van der Waals surface area contributed by atoms with E-state index >= 15 is 0 Å². The van der Waals surface area contributed by atoms with Crippen molar-refractivity contribution in [2.75, 3.05) is 0 Å². The second-order valence-electron chi connectivity index (χ2n) is 4.47. The molecule has 0 radical (unpaired) electrons. The van der Waals surface area contributed by atoms with Crippen molar-refractivity contribution in [1.82, 2.24) is 10.1 Å². The Kier molecular flexibility index (Phi) is 2.85. The zero-order chi connectivity index (χ0) is 9.97. The molecule has 1 fully saturated rings. The molecule has 1 aromatic rings. The Balaban J connectivity index is 1.99. The van der Waals surface area contributed by atoms with Crippen molar-refractivity contribution in [2.45, 2.75) is 45.4 Å². The summed E-state index contributed by atoms with van der Waals surface area (Å²) in [6, 6.07) is 0. The maximum Gasteiger partial charge on any atom is 0.229 e. The first kappa shape index (κ1) is 9.69. The summed E-state index contributed by atoms with van der Waals surface area (Å²) in [4.78, 5) is 4.15. The molecule has 0 aromatic carbocycles. The molecule has 14 heavy (non-hydrogen) atoms. The molecule has 0 unspecified atom stereocenters. The fraction of sp³-hybridized carbons (Fsp3) is 0.818. The van der Waals surface area contributed by atoms with E-state index in [1.807, 2.05) is 0 Å². The van der Waals surface area contributed by atoms with Gasteiger partial charge in [-0.3, -0.25) is 0 Å². The molecule has 2 rings (SSSR count). The minimum Gasteiger partial charge on any atom is -0.339 e. The summed E-state index contributed by atoms with van der Waals surface area (Å²) < 4.78 is 5.13. The Hall–Kier alpha value is -0.860. The molecule has 1 aromatic heterocycles. The molecular formula is C11H18N2O. The highest BCUT2D eigenvalue weighted by Gasteiger charge is 2.33. The summed E-state index contributed by atoms with van der Waals surface area (Å²) >= 11 is 0. The first-order chi connectivity index (χ1) is 6.81. The average Bonchev–Trinajstić information content (AvgIpc) is 2.76. The Labute approximate surface area is 84.9 Å². The second kappa shape index (κ2) is 4.11. The fourth-order valence-corrected chi connectivity index (χ4v) is 2.67. The normalized spacial score (nSPS) is 32.3. The van der Waals surface area contributed by atoms with Gasteiger partial charge in [-0.15, -0.1) is 0 Å². The van der Waals surface area contributed by atoms with Crippen molar-refractivity contribution in [3.63, 3.8) is 0 Å². The van der Waals surface area contributed by atoms with Crippen LogP contribution >= 0.6 is 0 Å². The summed E-state index contributed by atoms with van der Waals surface area (Å²) in [5.41, 5.74) is 0. The van der Waals surface area contributed by atoms with Crippen LogP contribution in [0.2, 0.25) is 0 Å². The van der Waals surface area contributed by atoms with Crippen LogP contribution in [0.5, 0.6) is 0 Å². The molecule has 1 aliphatic carbocycles. The Morgan fingerprint density at radius 1 is 1.50 bits per heavy atom. The van der Waals surface area contributed by atoms with Crippen LogP contribution in [-0.4, -0.2) is 10.1 Å². The fourth-order valence-electron chi connectivity index (χ4n) is 2.67. The third-order valence-corrected chi connectivity index (χ3v) is 3.44.